The van der Waals surface area contributed by atoms with Gasteiger partial charge in [0.25, 0.3) is 5.91 Å². The lowest BCUT2D eigenvalue weighted by atomic mass is 10.2. The number of aromatic nitrogens is 5. The molecule has 4 aromatic heterocycles. The third-order valence-corrected chi connectivity index (χ3v) is 6.87. The monoisotopic (exact) mass is 530 g/mol. The summed E-state index contributed by atoms with van der Waals surface area (Å²) in [5, 5.41) is 11.4. The predicted octanol–water partition coefficient (Wildman–Crippen LogP) is 6.19. The van der Waals surface area contributed by atoms with Gasteiger partial charge in [0, 0.05) is 22.2 Å². The van der Waals surface area contributed by atoms with Crippen LogP contribution in [0.3, 0.4) is 0 Å². The minimum absolute atomic E-state index is 0.0742. The number of aryl methyl sites for hydroxylation is 1. The molecule has 1 amide bonds. The van der Waals surface area contributed by atoms with E-state index < -0.39 is 17.8 Å². The van der Waals surface area contributed by atoms with Gasteiger partial charge in [0.2, 0.25) is 0 Å². The molecule has 1 N–H and O–H groups in total. The second kappa shape index (κ2) is 9.40. The molecule has 5 rings (SSSR count). The quantitative estimate of drug-likeness (QED) is 0.284. The first-order chi connectivity index (χ1) is 17.2. The average Bonchev–Trinajstić information content (AvgIpc) is 3.58. The van der Waals surface area contributed by atoms with Gasteiger partial charge in [-0.25, -0.2) is 9.50 Å². The summed E-state index contributed by atoms with van der Waals surface area (Å²) in [6, 6.07) is 13.0. The zero-order chi connectivity index (χ0) is 25.4. The van der Waals surface area contributed by atoms with Crippen molar-refractivity contribution >= 4 is 40.2 Å². The van der Waals surface area contributed by atoms with Crippen LogP contribution in [-0.4, -0.2) is 30.3 Å². The number of fused-ring (bicyclic) bond motifs is 1. The molecule has 0 fully saturated rings. The standard InChI is InChI=1S/C24H18ClF3N6OS/c1-2-17-7-8-20(36-17)18-9-21(24(26,27)28)34-22(31-18)10-19(32-34)23(35)30-16-11-29-33(13-16)12-14-3-5-15(25)6-4-14/h3-11,13H,2,12H2,1H3,(H,30,35). The van der Waals surface area contributed by atoms with E-state index in [4.69, 9.17) is 11.6 Å². The fourth-order valence-corrected chi connectivity index (χ4v) is 4.64. The number of halogens is 4. The first-order valence-electron chi connectivity index (χ1n) is 10.8. The molecule has 5 aromatic rings. The van der Waals surface area contributed by atoms with E-state index in [-0.39, 0.29) is 17.0 Å². The van der Waals surface area contributed by atoms with E-state index in [1.165, 1.54) is 23.6 Å². The summed E-state index contributed by atoms with van der Waals surface area (Å²) < 4.78 is 43.8. The zero-order valence-corrected chi connectivity index (χ0v) is 20.3. The third kappa shape index (κ3) is 4.98. The Morgan fingerprint density at radius 2 is 1.92 bits per heavy atom. The molecule has 0 aliphatic rings. The van der Waals surface area contributed by atoms with Crippen LogP contribution in [0.5, 0.6) is 0 Å². The van der Waals surface area contributed by atoms with Crippen LogP contribution in [0.2, 0.25) is 5.02 Å². The summed E-state index contributed by atoms with van der Waals surface area (Å²) in [5.74, 6) is -0.675. The fourth-order valence-electron chi connectivity index (χ4n) is 3.61. The number of hydrogen-bond acceptors (Lipinski definition) is 5. The van der Waals surface area contributed by atoms with Crippen molar-refractivity contribution < 1.29 is 18.0 Å². The number of benzene rings is 1. The van der Waals surface area contributed by atoms with Crippen molar-refractivity contribution in [2.45, 2.75) is 26.1 Å². The normalized spacial score (nSPS) is 11.8. The largest absolute Gasteiger partial charge is 0.433 e. The van der Waals surface area contributed by atoms with E-state index >= 15 is 0 Å². The van der Waals surface area contributed by atoms with Gasteiger partial charge >= 0.3 is 6.18 Å². The number of nitrogens with one attached hydrogen (secondary N) is 1. The summed E-state index contributed by atoms with van der Waals surface area (Å²) >= 11 is 7.28. The second-order valence-electron chi connectivity index (χ2n) is 7.95. The average molecular weight is 531 g/mol. The van der Waals surface area contributed by atoms with Gasteiger partial charge in [-0.1, -0.05) is 30.7 Å². The summed E-state index contributed by atoms with van der Waals surface area (Å²) in [4.78, 5) is 18.8. The van der Waals surface area contributed by atoms with Crippen molar-refractivity contribution in [1.29, 1.82) is 0 Å². The maximum atomic E-state index is 13.8. The Kier molecular flexibility index (Phi) is 6.27. The van der Waals surface area contributed by atoms with Crippen molar-refractivity contribution in [3.63, 3.8) is 0 Å². The molecule has 0 unspecified atom stereocenters. The number of rotatable bonds is 6. The maximum Gasteiger partial charge on any atom is 0.433 e. The highest BCUT2D eigenvalue weighted by Gasteiger charge is 2.36. The Morgan fingerprint density at radius 3 is 2.61 bits per heavy atom. The van der Waals surface area contributed by atoms with Crippen LogP contribution >= 0.6 is 22.9 Å². The van der Waals surface area contributed by atoms with Crippen molar-refractivity contribution in [1.82, 2.24) is 24.4 Å². The number of hydrogen-bond donors (Lipinski definition) is 1. The molecule has 1 aromatic carbocycles. The summed E-state index contributed by atoms with van der Waals surface area (Å²) in [6.07, 6.45) is -0.860. The van der Waals surface area contributed by atoms with Crippen LogP contribution in [0, 0.1) is 0 Å². The molecule has 4 heterocycles. The molecule has 0 spiro atoms. The van der Waals surface area contributed by atoms with Gasteiger partial charge < -0.3 is 5.32 Å². The van der Waals surface area contributed by atoms with E-state index in [9.17, 15) is 18.0 Å². The Morgan fingerprint density at radius 1 is 1.14 bits per heavy atom. The van der Waals surface area contributed by atoms with E-state index in [1.807, 2.05) is 25.1 Å². The number of anilines is 1. The van der Waals surface area contributed by atoms with Gasteiger partial charge in [-0.05, 0) is 42.3 Å². The van der Waals surface area contributed by atoms with Crippen molar-refractivity contribution in [3.8, 4) is 10.6 Å². The Bertz CT molecular complexity index is 1550. The lowest BCUT2D eigenvalue weighted by Crippen LogP contribution is -2.15. The van der Waals surface area contributed by atoms with Crippen molar-refractivity contribution in [3.05, 3.63) is 87.8 Å². The first kappa shape index (κ1) is 24.0. The van der Waals surface area contributed by atoms with Gasteiger partial charge in [-0.3, -0.25) is 9.48 Å². The summed E-state index contributed by atoms with van der Waals surface area (Å²) in [5.41, 5.74) is 0.227. The van der Waals surface area contributed by atoms with Crippen LogP contribution in [0.25, 0.3) is 16.2 Å². The molecule has 0 atom stereocenters. The fraction of sp³-hybridized carbons (Fsp3) is 0.167. The van der Waals surface area contributed by atoms with Crippen LogP contribution in [-0.2, 0) is 19.1 Å². The molecule has 0 bridgehead atoms. The van der Waals surface area contributed by atoms with Crippen molar-refractivity contribution in [2.24, 2.45) is 0 Å². The molecular weight excluding hydrogens is 513 g/mol. The van der Waals surface area contributed by atoms with Crippen LogP contribution < -0.4 is 5.32 Å². The topological polar surface area (TPSA) is 77.1 Å². The zero-order valence-electron chi connectivity index (χ0n) is 18.8. The van der Waals surface area contributed by atoms with E-state index in [2.05, 4.69) is 20.5 Å². The Hall–Kier alpha value is -3.70. The molecule has 0 saturated heterocycles. The smallest absolute Gasteiger partial charge is 0.318 e. The summed E-state index contributed by atoms with van der Waals surface area (Å²) in [7, 11) is 0. The number of carbonyl (C=O) groups excluding carboxylic acids is 1. The number of amides is 1. The van der Waals surface area contributed by atoms with Gasteiger partial charge in [0.1, 0.15) is 0 Å². The maximum absolute atomic E-state index is 13.8. The van der Waals surface area contributed by atoms with Gasteiger partial charge in [-0.2, -0.15) is 23.4 Å². The number of alkyl halides is 3. The molecule has 0 radical (unpaired) electrons. The highest BCUT2D eigenvalue weighted by molar-refractivity contribution is 7.15. The minimum atomic E-state index is -4.69. The highest BCUT2D eigenvalue weighted by atomic mass is 35.5. The number of thiophene rings is 1. The number of carbonyl (C=O) groups is 1. The minimum Gasteiger partial charge on any atom is -0.318 e. The second-order valence-corrected chi connectivity index (χ2v) is 9.56. The highest BCUT2D eigenvalue weighted by Crippen LogP contribution is 2.34. The van der Waals surface area contributed by atoms with E-state index in [0.29, 0.717) is 26.6 Å². The Balaban J connectivity index is 1.41. The molecule has 0 aliphatic carbocycles. The Labute approximate surface area is 212 Å². The third-order valence-electron chi connectivity index (χ3n) is 5.36. The first-order valence-corrected chi connectivity index (χ1v) is 12.0. The summed E-state index contributed by atoms with van der Waals surface area (Å²) in [6.45, 7) is 2.42. The molecule has 0 saturated carbocycles. The molecule has 7 nitrogen and oxygen atoms in total. The van der Waals surface area contributed by atoms with E-state index in [1.54, 1.807) is 29.1 Å². The SMILES string of the molecule is CCc1ccc(-c2cc(C(F)(F)F)n3nc(C(=O)Nc4cnn(Cc5ccc(Cl)cc5)c4)cc3n2)s1. The van der Waals surface area contributed by atoms with Gasteiger partial charge in [0.15, 0.2) is 17.0 Å². The molecule has 12 heteroatoms. The molecule has 0 aliphatic heterocycles. The van der Waals surface area contributed by atoms with Crippen LogP contribution in [0.4, 0.5) is 18.9 Å². The van der Waals surface area contributed by atoms with Gasteiger partial charge in [0.05, 0.1) is 29.0 Å². The van der Waals surface area contributed by atoms with Crippen LogP contribution in [0.15, 0.2) is 60.9 Å². The van der Waals surface area contributed by atoms with Crippen molar-refractivity contribution in [2.75, 3.05) is 5.32 Å². The lowest BCUT2D eigenvalue weighted by molar-refractivity contribution is -0.142. The number of nitrogens with zero attached hydrogens (tertiary/aromatic N) is 5. The van der Waals surface area contributed by atoms with Crippen LogP contribution in [0.1, 0.15) is 33.5 Å². The molecular formula is C24H18ClF3N6OS. The molecule has 36 heavy (non-hydrogen) atoms. The predicted molar refractivity (Wildman–Crippen MR) is 131 cm³/mol. The molecule has 184 valence electrons. The lowest BCUT2D eigenvalue weighted by Gasteiger charge is -2.10. The van der Waals surface area contributed by atoms with E-state index in [0.717, 1.165) is 22.9 Å². The van der Waals surface area contributed by atoms with Gasteiger partial charge in [-0.15, -0.1) is 11.3 Å².